The molecule has 8 heteroatoms. The van der Waals surface area contributed by atoms with Crippen LogP contribution in [-0.4, -0.2) is 38.5 Å². The summed E-state index contributed by atoms with van der Waals surface area (Å²) in [5.74, 6) is -1.94. The van der Waals surface area contributed by atoms with Gasteiger partial charge in [0.15, 0.2) is 0 Å². The van der Waals surface area contributed by atoms with Gasteiger partial charge >= 0.3 is 0 Å². The lowest BCUT2D eigenvalue weighted by atomic mass is 10.3. The Labute approximate surface area is 118 Å². The first-order chi connectivity index (χ1) is 8.82. The standard InChI is InChI=1S/C11H12BrF2NO3S/c1-7-6-15(2-3-18-7)19(16,17)11-9(12)4-8(13)5-10(11)14/h4-5,7H,2-3,6H2,1H3. The van der Waals surface area contributed by atoms with Crippen LogP contribution in [0.2, 0.25) is 0 Å². The first kappa shape index (κ1) is 14.8. The van der Waals surface area contributed by atoms with E-state index in [0.717, 1.165) is 10.4 Å². The third kappa shape index (κ3) is 2.96. The van der Waals surface area contributed by atoms with E-state index in [0.29, 0.717) is 6.07 Å². The van der Waals surface area contributed by atoms with E-state index in [9.17, 15) is 17.2 Å². The number of nitrogens with zero attached hydrogens (tertiary/aromatic N) is 1. The van der Waals surface area contributed by atoms with Gasteiger partial charge in [0.1, 0.15) is 16.5 Å². The maximum absolute atomic E-state index is 13.8. The predicted octanol–water partition coefficient (Wildman–Crippen LogP) is 2.14. The second-order valence-corrected chi connectivity index (χ2v) is 6.97. The van der Waals surface area contributed by atoms with Gasteiger partial charge in [-0.1, -0.05) is 0 Å². The van der Waals surface area contributed by atoms with Crippen LogP contribution in [0.4, 0.5) is 8.78 Å². The molecular weight excluding hydrogens is 344 g/mol. The maximum atomic E-state index is 13.8. The quantitative estimate of drug-likeness (QED) is 0.816. The summed E-state index contributed by atoms with van der Waals surface area (Å²) in [5.41, 5.74) is 0. The minimum absolute atomic E-state index is 0.121. The molecule has 0 spiro atoms. The van der Waals surface area contributed by atoms with Crippen molar-refractivity contribution in [2.24, 2.45) is 0 Å². The Morgan fingerprint density at radius 1 is 1.42 bits per heavy atom. The molecule has 0 aromatic heterocycles. The van der Waals surface area contributed by atoms with Crippen LogP contribution in [0.15, 0.2) is 21.5 Å². The summed E-state index contributed by atoms with van der Waals surface area (Å²) < 4.78 is 57.7. The number of halogens is 3. The number of hydrogen-bond donors (Lipinski definition) is 0. The minimum Gasteiger partial charge on any atom is -0.376 e. The first-order valence-electron chi connectivity index (χ1n) is 5.58. The molecule has 2 rings (SSSR count). The smallest absolute Gasteiger partial charge is 0.247 e. The van der Waals surface area contributed by atoms with Crippen LogP contribution < -0.4 is 0 Å². The fourth-order valence-electron chi connectivity index (χ4n) is 1.91. The highest BCUT2D eigenvalue weighted by molar-refractivity contribution is 9.10. The molecule has 1 aliphatic heterocycles. The summed E-state index contributed by atoms with van der Waals surface area (Å²) in [5, 5.41) is 0. The molecule has 0 amide bonds. The summed E-state index contributed by atoms with van der Waals surface area (Å²) in [4.78, 5) is -0.539. The number of ether oxygens (including phenoxy) is 1. The number of sulfonamides is 1. The van der Waals surface area contributed by atoms with Gasteiger partial charge in [-0.15, -0.1) is 0 Å². The third-order valence-electron chi connectivity index (χ3n) is 2.76. The lowest BCUT2D eigenvalue weighted by Gasteiger charge is -2.30. The van der Waals surface area contributed by atoms with Crippen LogP contribution in [0.1, 0.15) is 6.92 Å². The van der Waals surface area contributed by atoms with Gasteiger partial charge in [-0.3, -0.25) is 0 Å². The summed E-state index contributed by atoms with van der Waals surface area (Å²) in [7, 11) is -4.01. The Morgan fingerprint density at radius 2 is 2.11 bits per heavy atom. The van der Waals surface area contributed by atoms with E-state index >= 15 is 0 Å². The van der Waals surface area contributed by atoms with Gasteiger partial charge < -0.3 is 4.74 Å². The summed E-state index contributed by atoms with van der Waals surface area (Å²) in [6.07, 6.45) is -0.259. The zero-order valence-electron chi connectivity index (χ0n) is 10.1. The van der Waals surface area contributed by atoms with Gasteiger partial charge in [-0.05, 0) is 28.9 Å². The van der Waals surface area contributed by atoms with E-state index in [1.165, 1.54) is 0 Å². The van der Waals surface area contributed by atoms with Gasteiger partial charge in [0.25, 0.3) is 0 Å². The van der Waals surface area contributed by atoms with Crippen molar-refractivity contribution in [1.82, 2.24) is 4.31 Å². The highest BCUT2D eigenvalue weighted by atomic mass is 79.9. The molecule has 1 heterocycles. The summed E-state index contributed by atoms with van der Waals surface area (Å²) in [6, 6.07) is 1.49. The van der Waals surface area contributed by atoms with Crippen molar-refractivity contribution in [3.8, 4) is 0 Å². The fourth-order valence-corrected chi connectivity index (χ4v) is 4.52. The summed E-state index contributed by atoms with van der Waals surface area (Å²) in [6.45, 7) is 2.28. The van der Waals surface area contributed by atoms with Gasteiger partial charge in [-0.2, -0.15) is 4.31 Å². The van der Waals surface area contributed by atoms with Crippen molar-refractivity contribution in [3.05, 3.63) is 28.2 Å². The Kier molecular flexibility index (Phi) is 4.24. The molecule has 1 saturated heterocycles. The number of morpholine rings is 1. The Morgan fingerprint density at radius 3 is 2.68 bits per heavy atom. The van der Waals surface area contributed by atoms with Crippen molar-refractivity contribution in [1.29, 1.82) is 0 Å². The third-order valence-corrected chi connectivity index (χ3v) is 5.59. The van der Waals surface area contributed by atoms with Crippen molar-refractivity contribution < 1.29 is 21.9 Å². The maximum Gasteiger partial charge on any atom is 0.247 e. The zero-order chi connectivity index (χ0) is 14.2. The molecule has 0 saturated carbocycles. The number of hydrogen-bond acceptors (Lipinski definition) is 3. The number of rotatable bonds is 2. The molecular formula is C11H12BrF2NO3S. The van der Waals surface area contributed by atoms with Crippen LogP contribution >= 0.6 is 15.9 Å². The van der Waals surface area contributed by atoms with Crippen molar-refractivity contribution in [3.63, 3.8) is 0 Å². The highest BCUT2D eigenvalue weighted by Gasteiger charge is 2.33. The molecule has 1 unspecified atom stereocenters. The van der Waals surface area contributed by atoms with Gasteiger partial charge in [0, 0.05) is 23.6 Å². The van der Waals surface area contributed by atoms with Crippen LogP contribution in [-0.2, 0) is 14.8 Å². The van der Waals surface area contributed by atoms with E-state index in [4.69, 9.17) is 4.74 Å². The van der Waals surface area contributed by atoms with E-state index < -0.39 is 26.6 Å². The molecule has 1 aromatic carbocycles. The molecule has 1 fully saturated rings. The monoisotopic (exact) mass is 355 g/mol. The van der Waals surface area contributed by atoms with Crippen molar-refractivity contribution in [2.45, 2.75) is 17.9 Å². The second-order valence-electron chi connectivity index (χ2n) is 4.24. The van der Waals surface area contributed by atoms with Crippen LogP contribution in [0.25, 0.3) is 0 Å². The molecule has 0 N–H and O–H groups in total. The largest absolute Gasteiger partial charge is 0.376 e. The van der Waals surface area contributed by atoms with Crippen LogP contribution in [0, 0.1) is 11.6 Å². The average Bonchev–Trinajstić information content (AvgIpc) is 2.26. The Hall–Kier alpha value is -0.570. The van der Waals surface area contributed by atoms with Gasteiger partial charge in [0.2, 0.25) is 10.0 Å². The Balaban J connectivity index is 2.45. The van der Waals surface area contributed by atoms with Gasteiger partial charge in [-0.25, -0.2) is 17.2 Å². The molecule has 1 aromatic rings. The predicted molar refractivity (Wildman–Crippen MR) is 68.2 cm³/mol. The highest BCUT2D eigenvalue weighted by Crippen LogP contribution is 2.29. The van der Waals surface area contributed by atoms with E-state index in [1.807, 2.05) is 0 Å². The Bertz CT molecular complexity index is 571. The van der Waals surface area contributed by atoms with Crippen molar-refractivity contribution >= 4 is 26.0 Å². The normalized spacial score (nSPS) is 21.6. The molecule has 0 aliphatic carbocycles. The zero-order valence-corrected chi connectivity index (χ0v) is 12.5. The van der Waals surface area contributed by atoms with Crippen LogP contribution in [0.3, 0.4) is 0 Å². The molecule has 19 heavy (non-hydrogen) atoms. The van der Waals surface area contributed by atoms with E-state index in [2.05, 4.69) is 15.9 Å². The fraction of sp³-hybridized carbons (Fsp3) is 0.455. The lowest BCUT2D eigenvalue weighted by Crippen LogP contribution is -2.44. The minimum atomic E-state index is -4.01. The number of benzene rings is 1. The molecule has 106 valence electrons. The molecule has 1 atom stereocenters. The molecule has 0 radical (unpaired) electrons. The van der Waals surface area contributed by atoms with E-state index in [-0.39, 0.29) is 30.3 Å². The van der Waals surface area contributed by atoms with Crippen LogP contribution in [0.5, 0.6) is 0 Å². The molecule has 0 bridgehead atoms. The second kappa shape index (κ2) is 5.43. The first-order valence-corrected chi connectivity index (χ1v) is 7.82. The topological polar surface area (TPSA) is 46.6 Å². The molecule has 4 nitrogen and oxygen atoms in total. The van der Waals surface area contributed by atoms with E-state index in [1.54, 1.807) is 6.92 Å². The average molecular weight is 356 g/mol. The lowest BCUT2D eigenvalue weighted by molar-refractivity contribution is 0.0101. The SMILES string of the molecule is CC1CN(S(=O)(=O)c2c(F)cc(F)cc2Br)CCO1. The van der Waals surface area contributed by atoms with Gasteiger partial charge in [0.05, 0.1) is 12.7 Å². The van der Waals surface area contributed by atoms with Crippen molar-refractivity contribution in [2.75, 3.05) is 19.7 Å². The molecule has 1 aliphatic rings. The summed E-state index contributed by atoms with van der Waals surface area (Å²) >= 11 is 2.90.